The van der Waals surface area contributed by atoms with E-state index in [0.717, 1.165) is 23.3 Å². The summed E-state index contributed by atoms with van der Waals surface area (Å²) in [4.78, 5) is 12.2. The zero-order chi connectivity index (χ0) is 17.2. The molecule has 0 aromatic heterocycles. The van der Waals surface area contributed by atoms with Crippen LogP contribution in [0.15, 0.2) is 59.7 Å². The molecule has 1 unspecified atom stereocenters. The third kappa shape index (κ3) is 5.21. The molecule has 0 aliphatic heterocycles. The van der Waals surface area contributed by atoms with Gasteiger partial charge < -0.3 is 9.47 Å². The van der Waals surface area contributed by atoms with Crippen molar-refractivity contribution in [1.82, 2.24) is 5.43 Å². The molecule has 2 rings (SSSR count). The predicted molar refractivity (Wildman–Crippen MR) is 94.2 cm³/mol. The molecule has 5 heteroatoms. The molecule has 1 atom stereocenters. The molecule has 5 nitrogen and oxygen atoms in total. The molecule has 0 saturated heterocycles. The number of ether oxygens (including phenoxy) is 2. The zero-order valence-corrected chi connectivity index (χ0v) is 13.9. The molecule has 126 valence electrons. The topological polar surface area (TPSA) is 59.9 Å². The van der Waals surface area contributed by atoms with E-state index in [0.29, 0.717) is 6.61 Å². The summed E-state index contributed by atoms with van der Waals surface area (Å²) in [5.74, 6) is 0.504. The summed E-state index contributed by atoms with van der Waals surface area (Å²) in [6.07, 6.45) is 1.87. The second-order valence-electron chi connectivity index (χ2n) is 5.18. The van der Waals surface area contributed by atoms with Crippen molar-refractivity contribution in [2.75, 3.05) is 13.7 Å². The summed E-state index contributed by atoms with van der Waals surface area (Å²) in [6.45, 7) is 2.76. The van der Waals surface area contributed by atoms with Gasteiger partial charge in [0.25, 0.3) is 5.91 Å². The first-order valence-corrected chi connectivity index (χ1v) is 7.88. The number of benzene rings is 2. The molecular formula is C19H22N2O3. The van der Waals surface area contributed by atoms with Gasteiger partial charge in [0, 0.05) is 7.11 Å². The van der Waals surface area contributed by atoms with Gasteiger partial charge in [-0.15, -0.1) is 0 Å². The van der Waals surface area contributed by atoms with Crippen LogP contribution in [0.2, 0.25) is 0 Å². The van der Waals surface area contributed by atoms with Gasteiger partial charge in [-0.1, -0.05) is 37.3 Å². The number of carbonyl (C=O) groups is 1. The Morgan fingerprint density at radius 2 is 1.88 bits per heavy atom. The van der Waals surface area contributed by atoms with E-state index >= 15 is 0 Å². The number of carbonyl (C=O) groups excluding carboxylic acids is 1. The number of rotatable bonds is 8. The van der Waals surface area contributed by atoms with Crippen molar-refractivity contribution in [1.29, 1.82) is 0 Å². The SMILES string of the molecule is CCCOc1ccc(/C=N/NC(=O)C(OC)c2ccccc2)cc1. The molecule has 0 spiro atoms. The number of methoxy groups -OCH3 is 1. The highest BCUT2D eigenvalue weighted by Gasteiger charge is 2.18. The van der Waals surface area contributed by atoms with E-state index < -0.39 is 6.10 Å². The second-order valence-corrected chi connectivity index (χ2v) is 5.18. The average Bonchev–Trinajstić information content (AvgIpc) is 2.62. The predicted octanol–water partition coefficient (Wildman–Crippen LogP) is 3.31. The zero-order valence-electron chi connectivity index (χ0n) is 13.9. The Morgan fingerprint density at radius 1 is 1.17 bits per heavy atom. The normalized spacial score (nSPS) is 12.1. The van der Waals surface area contributed by atoms with E-state index in [1.165, 1.54) is 7.11 Å². The van der Waals surface area contributed by atoms with Crippen LogP contribution in [0.3, 0.4) is 0 Å². The third-order valence-corrected chi connectivity index (χ3v) is 3.32. The Bertz CT molecular complexity index is 654. The van der Waals surface area contributed by atoms with E-state index in [4.69, 9.17) is 9.47 Å². The fraction of sp³-hybridized carbons (Fsp3) is 0.263. The van der Waals surface area contributed by atoms with Crippen LogP contribution >= 0.6 is 0 Å². The van der Waals surface area contributed by atoms with Crippen LogP contribution in [0.4, 0.5) is 0 Å². The molecule has 0 bridgehead atoms. The number of hydrazone groups is 1. The van der Waals surface area contributed by atoms with Gasteiger partial charge in [0.2, 0.25) is 0 Å². The molecule has 0 aliphatic carbocycles. The molecule has 24 heavy (non-hydrogen) atoms. The lowest BCUT2D eigenvalue weighted by Gasteiger charge is -2.13. The maximum absolute atomic E-state index is 12.2. The Labute approximate surface area is 142 Å². The first-order valence-electron chi connectivity index (χ1n) is 7.88. The van der Waals surface area contributed by atoms with Crippen LogP contribution in [-0.2, 0) is 9.53 Å². The molecule has 0 fully saturated rings. The largest absolute Gasteiger partial charge is 0.494 e. The highest BCUT2D eigenvalue weighted by molar-refractivity contribution is 5.85. The van der Waals surface area contributed by atoms with Gasteiger partial charge in [0.15, 0.2) is 6.10 Å². The van der Waals surface area contributed by atoms with Gasteiger partial charge in [-0.2, -0.15) is 5.10 Å². The monoisotopic (exact) mass is 326 g/mol. The van der Waals surface area contributed by atoms with E-state index in [1.807, 2.05) is 54.6 Å². The van der Waals surface area contributed by atoms with Gasteiger partial charge in [0.1, 0.15) is 5.75 Å². The van der Waals surface area contributed by atoms with Gasteiger partial charge in [-0.3, -0.25) is 4.79 Å². The lowest BCUT2D eigenvalue weighted by atomic mass is 10.1. The standard InChI is InChI=1S/C19H22N2O3/c1-3-13-24-17-11-9-15(10-12-17)14-20-21-19(22)18(23-2)16-7-5-4-6-8-16/h4-12,14,18H,3,13H2,1-2H3,(H,21,22)/b20-14+. The van der Waals surface area contributed by atoms with Gasteiger partial charge >= 0.3 is 0 Å². The maximum Gasteiger partial charge on any atom is 0.273 e. The fourth-order valence-electron chi connectivity index (χ4n) is 2.12. The van der Waals surface area contributed by atoms with E-state index in [2.05, 4.69) is 17.5 Å². The van der Waals surface area contributed by atoms with Gasteiger partial charge in [0.05, 0.1) is 12.8 Å². The van der Waals surface area contributed by atoms with Crippen molar-refractivity contribution in [3.05, 3.63) is 65.7 Å². The first kappa shape index (κ1) is 17.7. The van der Waals surface area contributed by atoms with Crippen LogP contribution in [0.5, 0.6) is 5.75 Å². The quantitative estimate of drug-likeness (QED) is 0.598. The maximum atomic E-state index is 12.2. The molecule has 2 aromatic rings. The molecule has 0 radical (unpaired) electrons. The Kier molecular flexibility index (Phi) is 6.98. The second kappa shape index (κ2) is 9.47. The van der Waals surface area contributed by atoms with Crippen LogP contribution in [0.1, 0.15) is 30.6 Å². The van der Waals surface area contributed by atoms with E-state index in [9.17, 15) is 4.79 Å². The average molecular weight is 326 g/mol. The fourth-order valence-corrected chi connectivity index (χ4v) is 2.12. The summed E-state index contributed by atoms with van der Waals surface area (Å²) >= 11 is 0. The van der Waals surface area contributed by atoms with Crippen molar-refractivity contribution < 1.29 is 14.3 Å². The molecule has 0 saturated carbocycles. The highest BCUT2D eigenvalue weighted by atomic mass is 16.5. The molecule has 0 heterocycles. The minimum absolute atomic E-state index is 0.317. The van der Waals surface area contributed by atoms with Crippen LogP contribution in [0, 0.1) is 0 Å². The minimum atomic E-state index is -0.687. The van der Waals surface area contributed by atoms with Crippen molar-refractivity contribution in [2.24, 2.45) is 5.10 Å². The number of nitrogens with zero attached hydrogens (tertiary/aromatic N) is 1. The summed E-state index contributed by atoms with van der Waals surface area (Å²) in [7, 11) is 1.50. The molecule has 2 aromatic carbocycles. The summed E-state index contributed by atoms with van der Waals surface area (Å²) in [6, 6.07) is 16.8. The van der Waals surface area contributed by atoms with Crippen molar-refractivity contribution in [3.63, 3.8) is 0 Å². The van der Waals surface area contributed by atoms with Crippen LogP contribution < -0.4 is 10.2 Å². The number of hydrogen-bond acceptors (Lipinski definition) is 4. The van der Waals surface area contributed by atoms with Crippen molar-refractivity contribution in [2.45, 2.75) is 19.4 Å². The number of amides is 1. The minimum Gasteiger partial charge on any atom is -0.494 e. The smallest absolute Gasteiger partial charge is 0.273 e. The summed E-state index contributed by atoms with van der Waals surface area (Å²) in [5, 5.41) is 3.98. The lowest BCUT2D eigenvalue weighted by Crippen LogP contribution is -2.26. The van der Waals surface area contributed by atoms with Crippen molar-refractivity contribution >= 4 is 12.1 Å². The molecule has 1 N–H and O–H groups in total. The number of nitrogens with one attached hydrogen (secondary N) is 1. The van der Waals surface area contributed by atoms with E-state index in [1.54, 1.807) is 6.21 Å². The van der Waals surface area contributed by atoms with Crippen molar-refractivity contribution in [3.8, 4) is 5.75 Å². The molecule has 0 aliphatic rings. The molecular weight excluding hydrogens is 304 g/mol. The van der Waals surface area contributed by atoms with Gasteiger partial charge in [-0.25, -0.2) is 5.43 Å². The highest BCUT2D eigenvalue weighted by Crippen LogP contribution is 2.16. The van der Waals surface area contributed by atoms with Crippen LogP contribution in [0.25, 0.3) is 0 Å². The number of hydrogen-bond donors (Lipinski definition) is 1. The van der Waals surface area contributed by atoms with Crippen LogP contribution in [-0.4, -0.2) is 25.8 Å². The van der Waals surface area contributed by atoms with E-state index in [-0.39, 0.29) is 5.91 Å². The Balaban J connectivity index is 1.91. The van der Waals surface area contributed by atoms with Gasteiger partial charge in [-0.05, 0) is 41.8 Å². The summed E-state index contributed by atoms with van der Waals surface area (Å²) in [5.41, 5.74) is 4.15. The first-order chi connectivity index (χ1) is 11.7. The Hall–Kier alpha value is -2.66. The molecule has 1 amide bonds. The Morgan fingerprint density at radius 3 is 2.50 bits per heavy atom. The summed E-state index contributed by atoms with van der Waals surface area (Å²) < 4.78 is 10.8. The lowest BCUT2D eigenvalue weighted by molar-refractivity contribution is -0.131. The third-order valence-electron chi connectivity index (χ3n) is 3.32.